The summed E-state index contributed by atoms with van der Waals surface area (Å²) in [6.45, 7) is -5.28. The number of rotatable bonds is 8. The molecule has 186 valence electrons. The van der Waals surface area contributed by atoms with Gasteiger partial charge in [-0.25, -0.2) is 18.4 Å². The topological polar surface area (TPSA) is 305 Å². The maximum Gasteiger partial charge on any atom is 0.488 e. The first kappa shape index (κ1) is 26.4. The van der Waals surface area contributed by atoms with Gasteiger partial charge in [-0.05, 0) is 0 Å². The fourth-order valence-electron chi connectivity index (χ4n) is 2.71. The molecule has 0 radical (unpaired) electrons. The van der Waals surface area contributed by atoms with E-state index in [1.807, 2.05) is 0 Å². The number of aliphatic hydroxyl groups excluding tert-OH is 2. The molecule has 0 spiro atoms. The summed E-state index contributed by atoms with van der Waals surface area (Å²) in [5.74, 6) is -0.216. The summed E-state index contributed by atoms with van der Waals surface area (Å²) < 4.78 is 40.4. The van der Waals surface area contributed by atoms with E-state index in [9.17, 15) is 33.9 Å². The Morgan fingerprint density at radius 3 is 2.64 bits per heavy atom. The van der Waals surface area contributed by atoms with E-state index >= 15 is 0 Å². The summed E-state index contributed by atoms with van der Waals surface area (Å²) in [5, 5.41) is 20.2. The SMILES string of the molecule is Nc1nc2c(ncn2[C@H]2C[C@H](O)[C@@H](C(O)O[S+]=P([O-])(O)OP(=O)(O)OP(=O)(O)O)O2)c(=O)[nH]1. The van der Waals surface area contributed by atoms with Crippen molar-refractivity contribution >= 4 is 50.7 Å². The number of aromatic amines is 1. The normalized spacial score (nSPS) is 26.1. The second-order valence-electron chi connectivity index (χ2n) is 6.29. The third kappa shape index (κ3) is 6.70. The smallest absolute Gasteiger partial charge is 0.488 e. The lowest BCUT2D eigenvalue weighted by molar-refractivity contribution is -0.195. The highest BCUT2D eigenvalue weighted by Crippen LogP contribution is 2.64. The monoisotopic (exact) mass is 555 g/mol. The zero-order chi connectivity index (χ0) is 24.8. The van der Waals surface area contributed by atoms with Crippen LogP contribution in [-0.2, 0) is 37.9 Å². The predicted octanol–water partition coefficient (Wildman–Crippen LogP) is -3.06. The van der Waals surface area contributed by atoms with Gasteiger partial charge >= 0.3 is 33.6 Å². The molecule has 2 aromatic rings. The van der Waals surface area contributed by atoms with Gasteiger partial charge in [0.1, 0.15) is 12.3 Å². The van der Waals surface area contributed by atoms with Crippen LogP contribution in [0.25, 0.3) is 11.2 Å². The molecule has 1 aliphatic heterocycles. The van der Waals surface area contributed by atoms with Gasteiger partial charge in [0.2, 0.25) is 12.2 Å². The number of nitrogens with two attached hydrogens (primary N) is 1. The summed E-state index contributed by atoms with van der Waals surface area (Å²) in [5.41, 5.74) is 4.80. The van der Waals surface area contributed by atoms with Crippen molar-refractivity contribution in [3.8, 4) is 0 Å². The number of fused-ring (bicyclic) bond motifs is 1. The molecule has 1 aliphatic rings. The molecule has 3 rings (SSSR count). The van der Waals surface area contributed by atoms with Crippen molar-refractivity contribution in [2.45, 2.75) is 31.1 Å². The lowest BCUT2D eigenvalue weighted by Crippen LogP contribution is -2.35. The Morgan fingerprint density at radius 1 is 1.33 bits per heavy atom. The van der Waals surface area contributed by atoms with Crippen LogP contribution >= 0.6 is 22.4 Å². The fraction of sp³-hybridized carbons (Fsp3) is 0.500. The summed E-state index contributed by atoms with van der Waals surface area (Å²) in [4.78, 5) is 69.3. The Morgan fingerprint density at radius 2 is 2.00 bits per heavy atom. The van der Waals surface area contributed by atoms with Crippen molar-refractivity contribution in [3.63, 3.8) is 0 Å². The predicted molar refractivity (Wildman–Crippen MR) is 105 cm³/mol. The van der Waals surface area contributed by atoms with E-state index in [-0.39, 0.29) is 23.5 Å². The van der Waals surface area contributed by atoms with Gasteiger partial charge in [-0.15, -0.1) is 0 Å². The zero-order valence-corrected chi connectivity index (χ0v) is 19.2. The van der Waals surface area contributed by atoms with Gasteiger partial charge < -0.3 is 45.2 Å². The minimum atomic E-state index is -5.70. The lowest BCUT2D eigenvalue weighted by atomic mass is 10.2. The summed E-state index contributed by atoms with van der Waals surface area (Å²) in [7, 11) is -11.3. The highest BCUT2D eigenvalue weighted by Gasteiger charge is 2.44. The van der Waals surface area contributed by atoms with Crippen LogP contribution in [0.1, 0.15) is 12.6 Å². The molecule has 19 nitrogen and oxygen atoms in total. The largest absolute Gasteiger partial charge is 0.739 e. The molecule has 9 N–H and O–H groups in total. The molecule has 3 unspecified atom stereocenters. The van der Waals surface area contributed by atoms with E-state index < -0.39 is 63.9 Å². The molecule has 1 fully saturated rings. The Labute approximate surface area is 185 Å². The fourth-order valence-corrected chi connectivity index (χ4v) is 7.22. The molecule has 0 saturated carbocycles. The molecule has 0 aromatic carbocycles. The quantitative estimate of drug-likeness (QED) is 0.0693. The molecule has 2 aromatic heterocycles. The van der Waals surface area contributed by atoms with E-state index in [0.29, 0.717) is 0 Å². The average Bonchev–Trinajstić information content (AvgIpc) is 3.20. The molecular formula is C10H16N5O14P3S. The number of nitrogens with one attached hydrogen (secondary N) is 1. The van der Waals surface area contributed by atoms with Crippen molar-refractivity contribution in [1.82, 2.24) is 19.5 Å². The third-order valence-electron chi connectivity index (χ3n) is 3.83. The van der Waals surface area contributed by atoms with Gasteiger partial charge in [-0.2, -0.15) is 9.29 Å². The molecular weight excluding hydrogens is 539 g/mol. The summed E-state index contributed by atoms with van der Waals surface area (Å²) >= 11 is -0.577. The minimum Gasteiger partial charge on any atom is -0.739 e. The van der Waals surface area contributed by atoms with Crippen LogP contribution in [-0.4, -0.2) is 67.8 Å². The summed E-state index contributed by atoms with van der Waals surface area (Å²) in [6, 6.07) is 0. The van der Waals surface area contributed by atoms with Crippen LogP contribution in [0.4, 0.5) is 5.95 Å². The number of hydrogen-bond acceptors (Lipinski definition) is 13. The Balaban J connectivity index is 1.71. The number of phosphoric acid groups is 2. The molecule has 6 atom stereocenters. The number of anilines is 1. The van der Waals surface area contributed by atoms with Crippen LogP contribution in [0.2, 0.25) is 0 Å². The number of hydrogen-bond donors (Lipinski definition) is 8. The molecule has 0 bridgehead atoms. The number of nitrogens with zero attached hydrogens (tertiary/aromatic N) is 3. The molecule has 0 aliphatic carbocycles. The second-order valence-corrected chi connectivity index (χ2v) is 12.6. The lowest BCUT2D eigenvalue weighted by Gasteiger charge is -2.18. The van der Waals surface area contributed by atoms with Crippen molar-refractivity contribution in [1.29, 1.82) is 0 Å². The van der Waals surface area contributed by atoms with Crippen molar-refractivity contribution < 1.29 is 61.4 Å². The molecule has 33 heavy (non-hydrogen) atoms. The Bertz CT molecular complexity index is 1240. The minimum absolute atomic E-state index is 0.0101. The summed E-state index contributed by atoms with van der Waals surface area (Å²) in [6.07, 6.45) is -5.10. The van der Waals surface area contributed by atoms with Gasteiger partial charge in [-0.3, -0.25) is 14.3 Å². The van der Waals surface area contributed by atoms with Crippen LogP contribution in [0.15, 0.2) is 11.1 Å². The first-order valence-corrected chi connectivity index (χ1v) is 14.2. The number of H-pyrrole nitrogens is 1. The number of aromatic nitrogens is 4. The van der Waals surface area contributed by atoms with Gasteiger partial charge in [0, 0.05) is 6.42 Å². The zero-order valence-electron chi connectivity index (χ0n) is 15.7. The third-order valence-corrected chi connectivity index (χ3v) is 9.05. The highest BCUT2D eigenvalue weighted by molar-refractivity contribution is 8.14. The number of imidazole rings is 1. The van der Waals surface area contributed by atoms with Crippen molar-refractivity contribution in [3.05, 3.63) is 16.7 Å². The van der Waals surface area contributed by atoms with Crippen LogP contribution in [0, 0.1) is 0 Å². The average molecular weight is 555 g/mol. The van der Waals surface area contributed by atoms with Gasteiger partial charge in [0.15, 0.2) is 11.2 Å². The maximum atomic E-state index is 11.9. The highest BCUT2D eigenvalue weighted by atomic mass is 32.5. The van der Waals surface area contributed by atoms with E-state index in [4.69, 9.17) is 25.2 Å². The second kappa shape index (κ2) is 9.46. The molecule has 1 saturated heterocycles. The molecule has 23 heteroatoms. The standard InChI is InChI=1S/C10H16N5O14P3S/c11-10-13-7-5(8(17)14-10)12-2-15(7)4-1-3(16)6(26-4)9(18)27-33-32(24,25)29-31(22,23)28-30(19,20)21/h2-4,6,9,16,18H,1H2,(H7-,11,13,14,17,19,20,21,22,23,24,25)/t3-,4+,6-,9?/m0/s1. The number of ether oxygens (including phenoxy) is 1. The number of aliphatic hydroxyl groups is 2. The number of nitrogen functional groups attached to an aromatic ring is 1. The molecule has 0 amide bonds. The van der Waals surface area contributed by atoms with Crippen LogP contribution in [0.5, 0.6) is 0 Å². The van der Waals surface area contributed by atoms with Crippen molar-refractivity contribution in [2.24, 2.45) is 0 Å². The van der Waals surface area contributed by atoms with Crippen LogP contribution < -0.4 is 16.2 Å². The van der Waals surface area contributed by atoms with Crippen molar-refractivity contribution in [2.75, 3.05) is 5.73 Å². The van der Waals surface area contributed by atoms with Crippen LogP contribution in [0.3, 0.4) is 0 Å². The Hall–Kier alpha value is -1.18. The van der Waals surface area contributed by atoms with Gasteiger partial charge in [0.25, 0.3) is 5.56 Å². The molecule has 3 heterocycles. The van der Waals surface area contributed by atoms with Gasteiger partial charge in [-0.1, -0.05) is 4.18 Å². The van der Waals surface area contributed by atoms with Gasteiger partial charge in [0.05, 0.1) is 12.4 Å². The first-order valence-electron chi connectivity index (χ1n) is 8.30. The first-order chi connectivity index (χ1) is 15.1. The van der Waals surface area contributed by atoms with E-state index in [2.05, 4.69) is 27.8 Å². The maximum absolute atomic E-state index is 11.9. The van der Waals surface area contributed by atoms with E-state index in [1.54, 1.807) is 0 Å². The Kier molecular flexibility index (Phi) is 7.58. The van der Waals surface area contributed by atoms with E-state index in [0.717, 1.165) is 0 Å². The van der Waals surface area contributed by atoms with E-state index in [1.165, 1.54) is 10.9 Å².